The van der Waals surface area contributed by atoms with Gasteiger partial charge in [-0.3, -0.25) is 0 Å². The Morgan fingerprint density at radius 1 is 1.32 bits per heavy atom. The summed E-state index contributed by atoms with van der Waals surface area (Å²) >= 11 is 0. The van der Waals surface area contributed by atoms with Crippen molar-refractivity contribution in [2.75, 3.05) is 46.6 Å². The molecule has 1 N–H and O–H groups in total. The van der Waals surface area contributed by atoms with Crippen molar-refractivity contribution in [2.45, 2.75) is 26.2 Å². The molecular weight excluding hydrogens is 268 g/mol. The summed E-state index contributed by atoms with van der Waals surface area (Å²) in [5.41, 5.74) is 0. The van der Waals surface area contributed by atoms with Crippen LogP contribution in [0, 0.1) is 5.92 Å². The van der Waals surface area contributed by atoms with Gasteiger partial charge in [0.25, 0.3) is 10.2 Å². The number of nitrogens with one attached hydrogen (secondary N) is 1. The molecule has 0 amide bonds. The summed E-state index contributed by atoms with van der Waals surface area (Å²) in [6, 6.07) is 0. The minimum atomic E-state index is -3.31. The monoisotopic (exact) mass is 294 g/mol. The van der Waals surface area contributed by atoms with Crippen molar-refractivity contribution in [2.24, 2.45) is 5.92 Å². The number of hydrogen-bond acceptors (Lipinski definition) is 4. The van der Waals surface area contributed by atoms with Crippen LogP contribution in [0.4, 0.5) is 0 Å². The molecule has 0 radical (unpaired) electrons. The highest BCUT2D eigenvalue weighted by atomic mass is 32.2. The van der Waals surface area contributed by atoms with Gasteiger partial charge in [0.15, 0.2) is 0 Å². The maximum Gasteiger partial charge on any atom is 0.279 e. The van der Waals surface area contributed by atoms with E-state index in [1.807, 2.05) is 0 Å². The maximum absolute atomic E-state index is 12.0. The van der Waals surface area contributed by atoms with Gasteiger partial charge in [-0.15, -0.1) is 0 Å². The van der Waals surface area contributed by atoms with Gasteiger partial charge >= 0.3 is 0 Å². The van der Waals surface area contributed by atoms with Crippen molar-refractivity contribution in [3.05, 3.63) is 0 Å². The van der Waals surface area contributed by atoms with E-state index in [9.17, 15) is 8.42 Å². The lowest BCUT2D eigenvalue weighted by atomic mass is 10.0. The smallest absolute Gasteiger partial charge is 0.279 e. The molecular formula is C12H26N2O4S. The molecule has 1 saturated heterocycles. The average Bonchev–Trinajstić information content (AvgIpc) is 2.38. The average molecular weight is 294 g/mol. The third kappa shape index (κ3) is 6.67. The Hall–Kier alpha value is -0.210. The summed E-state index contributed by atoms with van der Waals surface area (Å²) in [6.07, 6.45) is 2.73. The molecule has 19 heavy (non-hydrogen) atoms. The van der Waals surface area contributed by atoms with E-state index in [0.29, 0.717) is 51.8 Å². The van der Waals surface area contributed by atoms with E-state index in [4.69, 9.17) is 9.47 Å². The first-order valence-corrected chi connectivity index (χ1v) is 8.31. The number of methoxy groups -OCH3 is 1. The number of rotatable bonds is 9. The van der Waals surface area contributed by atoms with E-state index >= 15 is 0 Å². The zero-order valence-corrected chi connectivity index (χ0v) is 12.7. The molecule has 6 nitrogen and oxygen atoms in total. The Kier molecular flexibility index (Phi) is 7.86. The van der Waals surface area contributed by atoms with Crippen molar-refractivity contribution in [1.29, 1.82) is 0 Å². The Balaban J connectivity index is 2.16. The van der Waals surface area contributed by atoms with Crippen LogP contribution >= 0.6 is 0 Å². The third-order valence-corrected chi connectivity index (χ3v) is 4.72. The van der Waals surface area contributed by atoms with Crippen molar-refractivity contribution in [3.63, 3.8) is 0 Å². The quantitative estimate of drug-likeness (QED) is 0.633. The van der Waals surface area contributed by atoms with Crippen LogP contribution in [0.1, 0.15) is 26.2 Å². The lowest BCUT2D eigenvalue weighted by molar-refractivity contribution is 0.0699. The molecule has 114 valence electrons. The Labute approximate surface area is 116 Å². The second-order valence-corrected chi connectivity index (χ2v) is 6.72. The third-order valence-electron chi connectivity index (χ3n) is 3.14. The summed E-state index contributed by atoms with van der Waals surface area (Å²) in [7, 11) is -1.69. The molecule has 0 spiro atoms. The van der Waals surface area contributed by atoms with Crippen LogP contribution in [0.15, 0.2) is 0 Å². The normalized spacial score (nSPS) is 21.7. The topological polar surface area (TPSA) is 67.9 Å². The molecule has 7 heteroatoms. The first-order valence-electron chi connectivity index (χ1n) is 6.87. The fraction of sp³-hybridized carbons (Fsp3) is 1.00. The number of ether oxygens (including phenoxy) is 2. The van der Waals surface area contributed by atoms with Crippen LogP contribution in [0.2, 0.25) is 0 Å². The fourth-order valence-corrected chi connectivity index (χ4v) is 3.48. The van der Waals surface area contributed by atoms with E-state index < -0.39 is 10.2 Å². The second kappa shape index (κ2) is 8.86. The van der Waals surface area contributed by atoms with Gasteiger partial charge in [-0.2, -0.15) is 12.7 Å². The standard InChI is InChI=1S/C12H26N2O4S/c1-12-5-3-7-14(11-12)19(15,16)13-6-4-8-18-10-9-17-2/h12-13H,3-11H2,1-2H3/t12-/m0/s1. The predicted octanol–water partition coefficient (Wildman–Crippen LogP) is 0.606. The molecule has 0 saturated carbocycles. The second-order valence-electron chi connectivity index (χ2n) is 4.96. The van der Waals surface area contributed by atoms with Crippen molar-refractivity contribution < 1.29 is 17.9 Å². The molecule has 1 heterocycles. The van der Waals surface area contributed by atoms with E-state index in [2.05, 4.69) is 11.6 Å². The zero-order valence-electron chi connectivity index (χ0n) is 11.9. The predicted molar refractivity (Wildman–Crippen MR) is 74.2 cm³/mol. The van der Waals surface area contributed by atoms with Gasteiger partial charge in [0.05, 0.1) is 13.2 Å². The van der Waals surface area contributed by atoms with Crippen molar-refractivity contribution >= 4 is 10.2 Å². The lowest BCUT2D eigenvalue weighted by Crippen LogP contribution is -2.45. The van der Waals surface area contributed by atoms with E-state index in [-0.39, 0.29) is 0 Å². The van der Waals surface area contributed by atoms with Gasteiger partial charge in [0.1, 0.15) is 0 Å². The van der Waals surface area contributed by atoms with Crippen molar-refractivity contribution in [1.82, 2.24) is 9.03 Å². The Morgan fingerprint density at radius 3 is 2.79 bits per heavy atom. The Morgan fingerprint density at radius 2 is 2.11 bits per heavy atom. The number of piperidine rings is 1. The molecule has 1 aliphatic rings. The molecule has 0 aliphatic carbocycles. The summed E-state index contributed by atoms with van der Waals surface area (Å²) < 4.78 is 38.3. The summed E-state index contributed by atoms with van der Waals surface area (Å²) in [4.78, 5) is 0. The van der Waals surface area contributed by atoms with Gasteiger partial charge in [-0.05, 0) is 25.2 Å². The molecule has 1 fully saturated rings. The fourth-order valence-electron chi connectivity index (χ4n) is 2.08. The van der Waals surface area contributed by atoms with Gasteiger partial charge in [-0.1, -0.05) is 6.92 Å². The minimum Gasteiger partial charge on any atom is -0.382 e. The minimum absolute atomic E-state index is 0.417. The molecule has 1 aliphatic heterocycles. The summed E-state index contributed by atoms with van der Waals surface area (Å²) in [6.45, 7) is 5.42. The van der Waals surface area contributed by atoms with E-state index in [1.165, 1.54) is 0 Å². The number of hydrogen-bond donors (Lipinski definition) is 1. The maximum atomic E-state index is 12.0. The van der Waals surface area contributed by atoms with Gasteiger partial charge in [0, 0.05) is 33.4 Å². The molecule has 0 aromatic rings. The van der Waals surface area contributed by atoms with Crippen LogP contribution < -0.4 is 4.72 Å². The van der Waals surface area contributed by atoms with Crippen molar-refractivity contribution in [3.8, 4) is 0 Å². The van der Waals surface area contributed by atoms with Gasteiger partial charge in [0.2, 0.25) is 0 Å². The highest BCUT2D eigenvalue weighted by Gasteiger charge is 2.26. The van der Waals surface area contributed by atoms with Gasteiger partial charge in [-0.25, -0.2) is 4.72 Å². The van der Waals surface area contributed by atoms with E-state index in [0.717, 1.165) is 12.8 Å². The Bertz CT molecular complexity index is 335. The highest BCUT2D eigenvalue weighted by molar-refractivity contribution is 7.87. The van der Waals surface area contributed by atoms with Crippen LogP contribution in [0.25, 0.3) is 0 Å². The molecule has 0 aromatic heterocycles. The highest BCUT2D eigenvalue weighted by Crippen LogP contribution is 2.17. The van der Waals surface area contributed by atoms with Gasteiger partial charge < -0.3 is 9.47 Å². The first kappa shape index (κ1) is 16.8. The molecule has 0 unspecified atom stereocenters. The molecule has 1 atom stereocenters. The lowest BCUT2D eigenvalue weighted by Gasteiger charge is -2.29. The zero-order chi connectivity index (χ0) is 14.1. The largest absolute Gasteiger partial charge is 0.382 e. The van der Waals surface area contributed by atoms with Crippen LogP contribution in [-0.4, -0.2) is 59.3 Å². The van der Waals surface area contributed by atoms with Crippen LogP contribution in [-0.2, 0) is 19.7 Å². The summed E-state index contributed by atoms with van der Waals surface area (Å²) in [5.74, 6) is 0.447. The number of nitrogens with zero attached hydrogens (tertiary/aromatic N) is 1. The van der Waals surface area contributed by atoms with Crippen LogP contribution in [0.3, 0.4) is 0 Å². The SMILES string of the molecule is COCCOCCCNS(=O)(=O)N1CCC[C@H](C)C1. The molecule has 0 bridgehead atoms. The van der Waals surface area contributed by atoms with Crippen LogP contribution in [0.5, 0.6) is 0 Å². The van der Waals surface area contributed by atoms with E-state index in [1.54, 1.807) is 11.4 Å². The summed E-state index contributed by atoms with van der Waals surface area (Å²) in [5, 5.41) is 0. The first-order chi connectivity index (χ1) is 9.06. The molecule has 0 aromatic carbocycles. The molecule has 1 rings (SSSR count).